The number of nitrogens with one attached hydrogen (secondary N) is 1. The third-order valence-corrected chi connectivity index (χ3v) is 2.56. The second-order valence-electron chi connectivity index (χ2n) is 4.32. The highest BCUT2D eigenvalue weighted by molar-refractivity contribution is 5.91. The minimum absolute atomic E-state index is 0.616. The zero-order valence-corrected chi connectivity index (χ0v) is 10.6. The molecule has 0 radical (unpaired) electrons. The van der Waals surface area contributed by atoms with Gasteiger partial charge in [-0.15, -0.1) is 0 Å². The first-order chi connectivity index (χ1) is 8.77. The van der Waals surface area contributed by atoms with Crippen LogP contribution in [0.3, 0.4) is 0 Å². The molecule has 0 atom stereocenters. The average Bonchev–Trinajstić information content (AvgIpc) is 2.38. The van der Waals surface area contributed by atoms with Crippen molar-refractivity contribution in [2.75, 3.05) is 25.1 Å². The van der Waals surface area contributed by atoms with Gasteiger partial charge in [-0.1, -0.05) is 36.4 Å². The van der Waals surface area contributed by atoms with E-state index in [1.807, 2.05) is 31.3 Å². The summed E-state index contributed by atoms with van der Waals surface area (Å²) in [6, 6.07) is 10.2. The highest BCUT2D eigenvalue weighted by atomic mass is 16.5. The number of fused-ring (bicyclic) bond motifs is 1. The van der Waals surface area contributed by atoms with E-state index in [-0.39, 0.29) is 0 Å². The maximum Gasteiger partial charge on any atom is 0.133 e. The lowest BCUT2D eigenvalue weighted by molar-refractivity contribution is 0.167. The van der Waals surface area contributed by atoms with Gasteiger partial charge in [0.05, 0.1) is 13.2 Å². The van der Waals surface area contributed by atoms with Crippen molar-refractivity contribution >= 4 is 16.6 Å². The van der Waals surface area contributed by atoms with Gasteiger partial charge in [-0.05, 0) is 18.4 Å². The molecule has 18 heavy (non-hydrogen) atoms. The minimum atomic E-state index is 0.616. The van der Waals surface area contributed by atoms with Crippen LogP contribution in [-0.4, -0.2) is 24.7 Å². The van der Waals surface area contributed by atoms with E-state index >= 15 is 0 Å². The number of benzene rings is 1. The lowest BCUT2D eigenvalue weighted by atomic mass is 10.1. The Bertz CT molecular complexity index is 532. The molecule has 0 aliphatic heterocycles. The van der Waals surface area contributed by atoms with Crippen molar-refractivity contribution in [1.29, 1.82) is 0 Å². The van der Waals surface area contributed by atoms with E-state index < -0.39 is 0 Å². The van der Waals surface area contributed by atoms with E-state index in [4.69, 9.17) is 4.74 Å². The topological polar surface area (TPSA) is 34.1 Å². The van der Waals surface area contributed by atoms with E-state index in [0.29, 0.717) is 13.2 Å². The van der Waals surface area contributed by atoms with Gasteiger partial charge in [0.1, 0.15) is 5.82 Å². The molecule has 0 aliphatic rings. The van der Waals surface area contributed by atoms with Crippen LogP contribution in [0.2, 0.25) is 0 Å². The maximum absolute atomic E-state index is 5.44. The molecule has 3 nitrogen and oxygen atoms in total. The number of ether oxygens (including phenoxy) is 1. The fourth-order valence-corrected chi connectivity index (χ4v) is 1.75. The molecule has 1 N–H and O–H groups in total. The number of hydrogen-bond donors (Lipinski definition) is 1. The van der Waals surface area contributed by atoms with Crippen molar-refractivity contribution in [3.05, 3.63) is 48.7 Å². The van der Waals surface area contributed by atoms with Gasteiger partial charge < -0.3 is 10.1 Å². The fourth-order valence-electron chi connectivity index (χ4n) is 1.75. The van der Waals surface area contributed by atoms with E-state index in [9.17, 15) is 0 Å². The van der Waals surface area contributed by atoms with E-state index in [0.717, 1.165) is 23.3 Å². The minimum Gasteiger partial charge on any atom is -0.375 e. The highest BCUT2D eigenvalue weighted by Gasteiger charge is 2.00. The zero-order chi connectivity index (χ0) is 12.8. The van der Waals surface area contributed by atoms with E-state index in [2.05, 4.69) is 29.0 Å². The van der Waals surface area contributed by atoms with Gasteiger partial charge in [0, 0.05) is 18.1 Å². The second-order valence-corrected chi connectivity index (χ2v) is 4.32. The summed E-state index contributed by atoms with van der Waals surface area (Å²) in [5.74, 6) is 0.909. The normalized spacial score (nSPS) is 10.5. The number of rotatable bonds is 6. The molecule has 1 aromatic heterocycles. The van der Waals surface area contributed by atoms with E-state index in [1.165, 1.54) is 5.39 Å². The third kappa shape index (κ3) is 3.31. The summed E-state index contributed by atoms with van der Waals surface area (Å²) in [7, 11) is 0. The van der Waals surface area contributed by atoms with Crippen LogP contribution in [0.15, 0.2) is 48.7 Å². The van der Waals surface area contributed by atoms with Crippen molar-refractivity contribution in [2.24, 2.45) is 0 Å². The molecule has 0 aliphatic carbocycles. The number of hydrogen-bond acceptors (Lipinski definition) is 3. The summed E-state index contributed by atoms with van der Waals surface area (Å²) >= 11 is 0. The predicted octanol–water partition coefficient (Wildman–Crippen LogP) is 3.24. The van der Waals surface area contributed by atoms with Gasteiger partial charge >= 0.3 is 0 Å². The first kappa shape index (κ1) is 12.6. The first-order valence-corrected chi connectivity index (χ1v) is 6.07. The maximum atomic E-state index is 5.44. The molecule has 0 saturated carbocycles. The average molecular weight is 242 g/mol. The lowest BCUT2D eigenvalue weighted by Crippen LogP contribution is -2.11. The Labute approximate surface area is 107 Å². The third-order valence-electron chi connectivity index (χ3n) is 2.56. The van der Waals surface area contributed by atoms with Gasteiger partial charge in [0.15, 0.2) is 0 Å². The molecule has 0 bridgehead atoms. The zero-order valence-electron chi connectivity index (χ0n) is 10.6. The molecule has 2 aromatic rings. The molecule has 0 unspecified atom stereocenters. The summed E-state index contributed by atoms with van der Waals surface area (Å²) in [5.41, 5.74) is 1.04. The van der Waals surface area contributed by atoms with Gasteiger partial charge in [-0.25, -0.2) is 4.98 Å². The van der Waals surface area contributed by atoms with Crippen molar-refractivity contribution in [1.82, 2.24) is 4.98 Å². The Morgan fingerprint density at radius 2 is 2.17 bits per heavy atom. The van der Waals surface area contributed by atoms with Gasteiger partial charge in [-0.3, -0.25) is 0 Å². The quantitative estimate of drug-likeness (QED) is 0.623. The van der Waals surface area contributed by atoms with Crippen molar-refractivity contribution in [3.63, 3.8) is 0 Å². The Balaban J connectivity index is 1.93. The second kappa shape index (κ2) is 6.17. The number of pyridine rings is 1. The highest BCUT2D eigenvalue weighted by Crippen LogP contribution is 2.19. The van der Waals surface area contributed by atoms with Crippen LogP contribution in [0.5, 0.6) is 0 Å². The standard InChI is InChI=1S/C15H18N2O/c1-12(2)11-18-10-9-17-15-14-6-4-3-5-13(14)7-8-16-15/h3-8H,1,9-11H2,2H3,(H,16,17). The van der Waals surface area contributed by atoms with Crippen LogP contribution < -0.4 is 5.32 Å². The van der Waals surface area contributed by atoms with Crippen LogP contribution in [-0.2, 0) is 4.74 Å². The number of nitrogens with zero attached hydrogens (tertiary/aromatic N) is 1. The number of aromatic nitrogens is 1. The van der Waals surface area contributed by atoms with Crippen LogP contribution in [0.1, 0.15) is 6.92 Å². The Hall–Kier alpha value is -1.87. The predicted molar refractivity (Wildman–Crippen MR) is 75.9 cm³/mol. The smallest absolute Gasteiger partial charge is 0.133 e. The van der Waals surface area contributed by atoms with Crippen LogP contribution in [0.4, 0.5) is 5.82 Å². The van der Waals surface area contributed by atoms with Gasteiger partial charge in [-0.2, -0.15) is 0 Å². The molecule has 0 saturated heterocycles. The van der Waals surface area contributed by atoms with Crippen molar-refractivity contribution < 1.29 is 4.74 Å². The first-order valence-electron chi connectivity index (χ1n) is 6.07. The summed E-state index contributed by atoms with van der Waals surface area (Å²) in [4.78, 5) is 4.36. The SMILES string of the molecule is C=C(C)COCCNc1nccc2ccccc12. The molecule has 94 valence electrons. The molecular formula is C15H18N2O. The summed E-state index contributed by atoms with van der Waals surface area (Å²) in [5, 5.41) is 5.63. The molecule has 0 amide bonds. The van der Waals surface area contributed by atoms with Crippen LogP contribution in [0, 0.1) is 0 Å². The van der Waals surface area contributed by atoms with Crippen molar-refractivity contribution in [3.8, 4) is 0 Å². The summed E-state index contributed by atoms with van der Waals surface area (Å²) in [6.45, 7) is 7.76. The largest absolute Gasteiger partial charge is 0.375 e. The monoisotopic (exact) mass is 242 g/mol. The summed E-state index contributed by atoms with van der Waals surface area (Å²) < 4.78 is 5.44. The molecule has 3 heteroatoms. The molecule has 2 rings (SSSR count). The molecule has 0 fully saturated rings. The lowest BCUT2D eigenvalue weighted by Gasteiger charge is -2.09. The van der Waals surface area contributed by atoms with Gasteiger partial charge in [0.2, 0.25) is 0 Å². The Morgan fingerprint density at radius 1 is 1.33 bits per heavy atom. The van der Waals surface area contributed by atoms with Crippen LogP contribution in [0.25, 0.3) is 10.8 Å². The fraction of sp³-hybridized carbons (Fsp3) is 0.267. The van der Waals surface area contributed by atoms with Crippen LogP contribution >= 0.6 is 0 Å². The number of anilines is 1. The molecule has 0 spiro atoms. The Morgan fingerprint density at radius 3 is 3.00 bits per heavy atom. The molecule has 1 aromatic carbocycles. The van der Waals surface area contributed by atoms with Crippen molar-refractivity contribution in [2.45, 2.75) is 6.92 Å². The Kier molecular flexibility index (Phi) is 4.31. The summed E-state index contributed by atoms with van der Waals surface area (Å²) in [6.07, 6.45) is 1.82. The van der Waals surface area contributed by atoms with Gasteiger partial charge in [0.25, 0.3) is 0 Å². The molecular weight excluding hydrogens is 224 g/mol. The molecule has 1 heterocycles. The van der Waals surface area contributed by atoms with E-state index in [1.54, 1.807) is 0 Å².